The summed E-state index contributed by atoms with van der Waals surface area (Å²) in [7, 11) is 0. The van der Waals surface area contributed by atoms with Gasteiger partial charge in [-0.05, 0) is 31.2 Å². The number of rotatable bonds is 5. The fraction of sp³-hybridized carbons (Fsp3) is 0.188. The number of esters is 1. The van der Waals surface area contributed by atoms with Crippen LogP contribution in [-0.4, -0.2) is 22.9 Å². The van der Waals surface area contributed by atoms with Crippen LogP contribution in [-0.2, 0) is 4.79 Å². The summed E-state index contributed by atoms with van der Waals surface area (Å²) in [6.07, 6.45) is 0. The molecular formula is C16H13NO6S. The van der Waals surface area contributed by atoms with Crippen LogP contribution in [0.15, 0.2) is 47.4 Å². The SMILES string of the molecule is C[C@@H](Sc1ccc([N+](=O)[O-])cc1)C(=O)Oc1ccc2c(c1)OCO2. The van der Waals surface area contributed by atoms with E-state index in [1.807, 2.05) is 0 Å². The predicted molar refractivity (Wildman–Crippen MR) is 86.6 cm³/mol. The topological polar surface area (TPSA) is 87.9 Å². The lowest BCUT2D eigenvalue weighted by Crippen LogP contribution is -2.19. The molecule has 2 aromatic rings. The predicted octanol–water partition coefficient (Wildman–Crippen LogP) is 3.41. The van der Waals surface area contributed by atoms with Gasteiger partial charge in [0.05, 0.1) is 4.92 Å². The Morgan fingerprint density at radius 2 is 1.92 bits per heavy atom. The van der Waals surface area contributed by atoms with Crippen LogP contribution >= 0.6 is 11.8 Å². The van der Waals surface area contributed by atoms with Crippen LogP contribution in [0.1, 0.15) is 6.92 Å². The average Bonchev–Trinajstić information content (AvgIpc) is 3.03. The number of ether oxygens (including phenoxy) is 3. The van der Waals surface area contributed by atoms with E-state index in [0.29, 0.717) is 17.2 Å². The molecule has 0 N–H and O–H groups in total. The number of thioether (sulfide) groups is 1. The van der Waals surface area contributed by atoms with Gasteiger partial charge in [0.1, 0.15) is 11.0 Å². The fourth-order valence-electron chi connectivity index (χ4n) is 2.04. The Bertz CT molecular complexity index is 777. The standard InChI is InChI=1S/C16H13NO6S/c1-10(24-13-5-2-11(3-6-13)17(19)20)16(18)23-12-4-7-14-15(8-12)22-9-21-14/h2-8,10H,9H2,1H3/t10-/m1/s1. The van der Waals surface area contributed by atoms with Crippen molar-refractivity contribution in [3.8, 4) is 17.2 Å². The molecule has 0 radical (unpaired) electrons. The Morgan fingerprint density at radius 1 is 1.21 bits per heavy atom. The number of non-ortho nitro benzene ring substituents is 1. The first-order valence-electron chi connectivity index (χ1n) is 7.05. The number of hydrogen-bond donors (Lipinski definition) is 0. The first-order valence-corrected chi connectivity index (χ1v) is 7.93. The fourth-order valence-corrected chi connectivity index (χ4v) is 2.88. The Labute approximate surface area is 141 Å². The highest BCUT2D eigenvalue weighted by molar-refractivity contribution is 8.00. The molecular weight excluding hydrogens is 334 g/mol. The maximum atomic E-state index is 12.2. The lowest BCUT2D eigenvalue weighted by molar-refractivity contribution is -0.384. The zero-order valence-corrected chi connectivity index (χ0v) is 13.4. The summed E-state index contributed by atoms with van der Waals surface area (Å²) < 4.78 is 15.8. The van der Waals surface area contributed by atoms with Gasteiger partial charge >= 0.3 is 5.97 Å². The summed E-state index contributed by atoms with van der Waals surface area (Å²) in [6, 6.07) is 10.9. The summed E-state index contributed by atoms with van der Waals surface area (Å²) in [4.78, 5) is 23.1. The van der Waals surface area contributed by atoms with Crippen molar-refractivity contribution in [1.29, 1.82) is 0 Å². The van der Waals surface area contributed by atoms with Crippen LogP contribution in [0.2, 0.25) is 0 Å². The van der Waals surface area contributed by atoms with E-state index in [-0.39, 0.29) is 12.5 Å². The van der Waals surface area contributed by atoms with Crippen LogP contribution in [0, 0.1) is 10.1 Å². The zero-order chi connectivity index (χ0) is 17.1. The van der Waals surface area contributed by atoms with Crippen LogP contribution in [0.5, 0.6) is 17.2 Å². The number of carbonyl (C=O) groups excluding carboxylic acids is 1. The molecule has 0 fully saturated rings. The molecule has 0 unspecified atom stereocenters. The second kappa shape index (κ2) is 6.79. The molecule has 1 heterocycles. The minimum absolute atomic E-state index is 0.00920. The molecule has 124 valence electrons. The number of benzene rings is 2. The second-order valence-corrected chi connectivity index (χ2v) is 6.36. The van der Waals surface area contributed by atoms with Gasteiger partial charge in [-0.2, -0.15) is 0 Å². The summed E-state index contributed by atoms with van der Waals surface area (Å²) >= 11 is 1.26. The van der Waals surface area contributed by atoms with E-state index in [0.717, 1.165) is 4.90 Å². The first kappa shape index (κ1) is 16.1. The van der Waals surface area contributed by atoms with Gasteiger partial charge in [-0.1, -0.05) is 0 Å². The zero-order valence-electron chi connectivity index (χ0n) is 12.6. The quantitative estimate of drug-likeness (QED) is 0.269. The molecule has 0 saturated carbocycles. The van der Waals surface area contributed by atoms with Gasteiger partial charge in [-0.25, -0.2) is 0 Å². The van der Waals surface area contributed by atoms with Gasteiger partial charge in [0.15, 0.2) is 11.5 Å². The van der Waals surface area contributed by atoms with Crippen molar-refractivity contribution in [2.24, 2.45) is 0 Å². The maximum Gasteiger partial charge on any atom is 0.324 e. The largest absolute Gasteiger partial charge is 0.454 e. The number of hydrogen-bond acceptors (Lipinski definition) is 7. The number of nitro groups is 1. The maximum absolute atomic E-state index is 12.2. The van der Waals surface area contributed by atoms with Gasteiger partial charge in [0.2, 0.25) is 6.79 Å². The average molecular weight is 347 g/mol. The highest BCUT2D eigenvalue weighted by Gasteiger charge is 2.20. The molecule has 1 aliphatic rings. The Morgan fingerprint density at radius 3 is 2.62 bits per heavy atom. The number of fused-ring (bicyclic) bond motifs is 1. The number of nitrogens with zero attached hydrogens (tertiary/aromatic N) is 1. The van der Waals surface area contributed by atoms with Crippen LogP contribution in [0.3, 0.4) is 0 Å². The summed E-state index contributed by atoms with van der Waals surface area (Å²) in [5.74, 6) is 1.11. The van der Waals surface area contributed by atoms with Crippen molar-refractivity contribution in [2.75, 3.05) is 6.79 Å². The van der Waals surface area contributed by atoms with Gasteiger partial charge in [0.25, 0.3) is 5.69 Å². The summed E-state index contributed by atoms with van der Waals surface area (Å²) in [5, 5.41) is 10.2. The molecule has 8 heteroatoms. The third kappa shape index (κ3) is 3.60. The Balaban J connectivity index is 1.61. The van der Waals surface area contributed by atoms with Gasteiger partial charge in [0, 0.05) is 23.1 Å². The Kier molecular flexibility index (Phi) is 4.57. The van der Waals surface area contributed by atoms with Crippen molar-refractivity contribution in [2.45, 2.75) is 17.1 Å². The highest BCUT2D eigenvalue weighted by atomic mass is 32.2. The van der Waals surface area contributed by atoms with Crippen molar-refractivity contribution < 1.29 is 23.9 Å². The summed E-state index contributed by atoms with van der Waals surface area (Å²) in [5.41, 5.74) is 0.00920. The first-order chi connectivity index (χ1) is 11.5. The van der Waals surface area contributed by atoms with Crippen molar-refractivity contribution in [3.05, 3.63) is 52.6 Å². The van der Waals surface area contributed by atoms with Crippen molar-refractivity contribution in [3.63, 3.8) is 0 Å². The molecule has 0 aliphatic carbocycles. The molecule has 0 aromatic heterocycles. The lowest BCUT2D eigenvalue weighted by atomic mass is 10.3. The van der Waals surface area contributed by atoms with Crippen LogP contribution in [0.4, 0.5) is 5.69 Å². The molecule has 0 saturated heterocycles. The normalized spacial score (nSPS) is 13.4. The molecule has 0 bridgehead atoms. The van der Waals surface area contributed by atoms with E-state index in [1.165, 1.54) is 23.9 Å². The highest BCUT2D eigenvalue weighted by Crippen LogP contribution is 2.35. The van der Waals surface area contributed by atoms with Gasteiger partial charge in [-0.3, -0.25) is 14.9 Å². The van der Waals surface area contributed by atoms with E-state index < -0.39 is 16.1 Å². The molecule has 0 amide bonds. The second-order valence-electron chi connectivity index (χ2n) is 4.95. The van der Waals surface area contributed by atoms with Gasteiger partial charge < -0.3 is 14.2 Å². The Hall–Kier alpha value is -2.74. The van der Waals surface area contributed by atoms with Crippen LogP contribution < -0.4 is 14.2 Å². The van der Waals surface area contributed by atoms with E-state index in [4.69, 9.17) is 14.2 Å². The summed E-state index contributed by atoms with van der Waals surface area (Å²) in [6.45, 7) is 1.86. The monoisotopic (exact) mass is 347 g/mol. The molecule has 2 aromatic carbocycles. The minimum atomic E-state index is -0.475. The third-order valence-electron chi connectivity index (χ3n) is 3.25. The van der Waals surface area contributed by atoms with Crippen molar-refractivity contribution >= 4 is 23.4 Å². The molecule has 24 heavy (non-hydrogen) atoms. The molecule has 1 atom stereocenters. The molecule has 1 aliphatic heterocycles. The lowest BCUT2D eigenvalue weighted by Gasteiger charge is -2.11. The third-order valence-corrected chi connectivity index (χ3v) is 4.35. The van der Waals surface area contributed by atoms with E-state index in [9.17, 15) is 14.9 Å². The van der Waals surface area contributed by atoms with Crippen LogP contribution in [0.25, 0.3) is 0 Å². The molecule has 7 nitrogen and oxygen atoms in total. The van der Waals surface area contributed by atoms with Crippen molar-refractivity contribution in [1.82, 2.24) is 0 Å². The van der Waals surface area contributed by atoms with Gasteiger partial charge in [-0.15, -0.1) is 11.8 Å². The number of carbonyl (C=O) groups is 1. The van der Waals surface area contributed by atoms with E-state index in [1.54, 1.807) is 37.3 Å². The smallest absolute Gasteiger partial charge is 0.324 e. The minimum Gasteiger partial charge on any atom is -0.454 e. The molecule has 0 spiro atoms. The molecule has 3 rings (SSSR count). The number of nitro benzene ring substituents is 1. The van der Waals surface area contributed by atoms with E-state index in [2.05, 4.69) is 0 Å². The van der Waals surface area contributed by atoms with E-state index >= 15 is 0 Å².